The standard InChI is InChI=1S/C4H11NO3S.H2O/c1-3-4-8-9(6,7)5-2;/h5H,3-4H2,1-2H3;1H2. The molecule has 0 rings (SSSR count). The molecule has 5 nitrogen and oxygen atoms in total. The Labute approximate surface area is 60.9 Å². The van der Waals surface area contributed by atoms with Gasteiger partial charge in [0.05, 0.1) is 6.61 Å². The van der Waals surface area contributed by atoms with Gasteiger partial charge in [0.25, 0.3) is 0 Å². The van der Waals surface area contributed by atoms with Crippen molar-refractivity contribution in [2.45, 2.75) is 13.3 Å². The number of hydrogen-bond donors (Lipinski definition) is 1. The van der Waals surface area contributed by atoms with E-state index in [0.717, 1.165) is 0 Å². The second-order valence-corrected chi connectivity index (χ2v) is 3.03. The van der Waals surface area contributed by atoms with Gasteiger partial charge in [-0.05, 0) is 6.42 Å². The van der Waals surface area contributed by atoms with Gasteiger partial charge in [-0.2, -0.15) is 13.1 Å². The zero-order valence-electron chi connectivity index (χ0n) is 6.05. The normalized spacial score (nSPS) is 10.6. The molecule has 0 aliphatic heterocycles. The van der Waals surface area contributed by atoms with Gasteiger partial charge in [-0.25, -0.2) is 0 Å². The lowest BCUT2D eigenvalue weighted by Gasteiger charge is -1.99. The molecule has 0 aromatic carbocycles. The summed E-state index contributed by atoms with van der Waals surface area (Å²) in [7, 11) is -2.12. The number of rotatable bonds is 4. The predicted octanol–water partition coefficient (Wildman–Crippen LogP) is -0.948. The van der Waals surface area contributed by atoms with Crippen LogP contribution in [0.25, 0.3) is 0 Å². The highest BCUT2D eigenvalue weighted by atomic mass is 32.2. The zero-order chi connectivity index (χ0) is 7.33. The molecule has 0 atom stereocenters. The predicted molar refractivity (Wildman–Crippen MR) is 37.8 cm³/mol. The summed E-state index contributed by atoms with van der Waals surface area (Å²) in [6, 6.07) is 0. The molecule has 3 N–H and O–H groups in total. The molecule has 64 valence electrons. The molecule has 10 heavy (non-hydrogen) atoms. The van der Waals surface area contributed by atoms with Crippen molar-refractivity contribution >= 4 is 10.3 Å². The lowest BCUT2D eigenvalue weighted by Crippen LogP contribution is -2.21. The van der Waals surface area contributed by atoms with E-state index in [1.807, 2.05) is 11.6 Å². The monoisotopic (exact) mass is 171 g/mol. The van der Waals surface area contributed by atoms with Crippen LogP contribution in [0.2, 0.25) is 0 Å². The van der Waals surface area contributed by atoms with Crippen LogP contribution in [0.1, 0.15) is 13.3 Å². The molecule has 0 aliphatic carbocycles. The Kier molecular flexibility index (Phi) is 7.00. The fourth-order valence-electron chi connectivity index (χ4n) is 0.252. The molecular formula is C4H13NO4S. The summed E-state index contributed by atoms with van der Waals surface area (Å²) in [5.41, 5.74) is 0. The molecule has 0 bridgehead atoms. The summed E-state index contributed by atoms with van der Waals surface area (Å²) in [6.07, 6.45) is 0.695. The van der Waals surface area contributed by atoms with Gasteiger partial charge in [-0.1, -0.05) is 6.92 Å². The van der Waals surface area contributed by atoms with Crippen molar-refractivity contribution in [2.24, 2.45) is 0 Å². The second-order valence-electron chi connectivity index (χ2n) is 1.48. The molecule has 0 amide bonds. The van der Waals surface area contributed by atoms with E-state index in [-0.39, 0.29) is 12.1 Å². The first-order chi connectivity index (χ1) is 4.12. The molecule has 0 aromatic rings. The molecule has 0 radical (unpaired) electrons. The molecule has 0 heterocycles. The quantitative estimate of drug-likeness (QED) is 0.591. The first kappa shape index (κ1) is 12.5. The fourth-order valence-corrected chi connectivity index (χ4v) is 0.756. The Morgan fingerprint density at radius 3 is 2.30 bits per heavy atom. The molecule has 0 spiro atoms. The van der Waals surface area contributed by atoms with Gasteiger partial charge in [0, 0.05) is 7.05 Å². The summed E-state index contributed by atoms with van der Waals surface area (Å²) in [5, 5.41) is 0. The number of hydrogen-bond acceptors (Lipinski definition) is 3. The summed E-state index contributed by atoms with van der Waals surface area (Å²) in [6.45, 7) is 2.08. The molecule has 0 saturated heterocycles. The molecule has 6 heteroatoms. The lowest BCUT2D eigenvalue weighted by molar-refractivity contribution is 0.313. The van der Waals surface area contributed by atoms with Gasteiger partial charge < -0.3 is 5.48 Å². The highest BCUT2D eigenvalue weighted by Gasteiger charge is 2.03. The van der Waals surface area contributed by atoms with Crippen LogP contribution in [0.5, 0.6) is 0 Å². The highest BCUT2D eigenvalue weighted by molar-refractivity contribution is 7.84. The minimum absolute atomic E-state index is 0. The first-order valence-electron chi connectivity index (χ1n) is 2.70. The lowest BCUT2D eigenvalue weighted by atomic mass is 10.5. The summed E-state index contributed by atoms with van der Waals surface area (Å²) in [5.74, 6) is 0. The Balaban J connectivity index is 0. The Bertz CT molecular complexity index is 153. The second kappa shape index (κ2) is 5.60. The van der Waals surface area contributed by atoms with Gasteiger partial charge in [0.15, 0.2) is 0 Å². The van der Waals surface area contributed by atoms with Crippen LogP contribution in [0.4, 0.5) is 0 Å². The highest BCUT2D eigenvalue weighted by Crippen LogP contribution is 1.86. The Morgan fingerprint density at radius 2 is 2.00 bits per heavy atom. The molecule has 0 aliphatic rings. The van der Waals surface area contributed by atoms with E-state index in [4.69, 9.17) is 0 Å². The summed E-state index contributed by atoms with van der Waals surface area (Å²) < 4.78 is 27.3. The number of nitrogens with one attached hydrogen (secondary N) is 1. The third kappa shape index (κ3) is 5.96. The van der Waals surface area contributed by atoms with Crippen LogP contribution >= 0.6 is 0 Å². The molecule has 0 saturated carbocycles. The van der Waals surface area contributed by atoms with Crippen molar-refractivity contribution in [2.75, 3.05) is 13.7 Å². The SMILES string of the molecule is CCCOS(=O)(=O)NC.O. The average molecular weight is 171 g/mol. The minimum atomic E-state index is -3.43. The molecule has 0 unspecified atom stereocenters. The third-order valence-corrected chi connectivity index (χ3v) is 1.67. The summed E-state index contributed by atoms with van der Waals surface area (Å²) >= 11 is 0. The van der Waals surface area contributed by atoms with Crippen molar-refractivity contribution in [1.82, 2.24) is 4.72 Å². The van der Waals surface area contributed by atoms with E-state index >= 15 is 0 Å². The van der Waals surface area contributed by atoms with Gasteiger partial charge in [0.2, 0.25) is 0 Å². The average Bonchev–Trinajstić information content (AvgIpc) is 1.84. The Hall–Kier alpha value is -0.170. The first-order valence-corrected chi connectivity index (χ1v) is 4.11. The van der Waals surface area contributed by atoms with Crippen LogP contribution in [0.3, 0.4) is 0 Å². The zero-order valence-corrected chi connectivity index (χ0v) is 6.86. The maximum absolute atomic E-state index is 10.4. The van der Waals surface area contributed by atoms with Crippen LogP contribution in [0, 0.1) is 0 Å². The van der Waals surface area contributed by atoms with Crippen molar-refractivity contribution in [3.63, 3.8) is 0 Å². The van der Waals surface area contributed by atoms with Crippen molar-refractivity contribution in [3.05, 3.63) is 0 Å². The van der Waals surface area contributed by atoms with Crippen LogP contribution in [-0.2, 0) is 14.5 Å². The van der Waals surface area contributed by atoms with Crippen LogP contribution in [-0.4, -0.2) is 27.5 Å². The van der Waals surface area contributed by atoms with Crippen LogP contribution < -0.4 is 4.72 Å². The fraction of sp³-hybridized carbons (Fsp3) is 1.00. The van der Waals surface area contributed by atoms with E-state index in [0.29, 0.717) is 6.42 Å². The Morgan fingerprint density at radius 1 is 1.50 bits per heavy atom. The van der Waals surface area contributed by atoms with Crippen LogP contribution in [0.15, 0.2) is 0 Å². The van der Waals surface area contributed by atoms with Gasteiger partial charge in [-0.15, -0.1) is 0 Å². The topological polar surface area (TPSA) is 86.9 Å². The maximum atomic E-state index is 10.4. The molecule has 0 aromatic heterocycles. The van der Waals surface area contributed by atoms with Crippen molar-refractivity contribution in [1.29, 1.82) is 0 Å². The van der Waals surface area contributed by atoms with Gasteiger partial charge >= 0.3 is 10.3 Å². The van der Waals surface area contributed by atoms with E-state index in [2.05, 4.69) is 4.18 Å². The van der Waals surface area contributed by atoms with E-state index in [1.165, 1.54) is 7.05 Å². The minimum Gasteiger partial charge on any atom is -0.412 e. The maximum Gasteiger partial charge on any atom is 0.335 e. The smallest absolute Gasteiger partial charge is 0.335 e. The van der Waals surface area contributed by atoms with Gasteiger partial charge in [0.1, 0.15) is 0 Å². The molecular weight excluding hydrogens is 158 g/mol. The van der Waals surface area contributed by atoms with Crippen molar-refractivity contribution in [3.8, 4) is 0 Å². The van der Waals surface area contributed by atoms with E-state index in [9.17, 15) is 8.42 Å². The van der Waals surface area contributed by atoms with Crippen molar-refractivity contribution < 1.29 is 18.1 Å². The largest absolute Gasteiger partial charge is 0.412 e. The summed E-state index contributed by atoms with van der Waals surface area (Å²) in [4.78, 5) is 0. The van der Waals surface area contributed by atoms with E-state index < -0.39 is 10.3 Å². The van der Waals surface area contributed by atoms with E-state index in [1.54, 1.807) is 0 Å². The van der Waals surface area contributed by atoms with Gasteiger partial charge in [-0.3, -0.25) is 4.18 Å². The third-order valence-electron chi connectivity index (χ3n) is 0.693. The molecule has 0 fully saturated rings.